The summed E-state index contributed by atoms with van der Waals surface area (Å²) in [5.74, 6) is 1.84. The van der Waals surface area contributed by atoms with Crippen molar-refractivity contribution < 1.29 is 9.53 Å². The molecule has 1 saturated heterocycles. The number of nitrogens with zero attached hydrogens (tertiary/aromatic N) is 5. The molecule has 4 aromatic rings. The fourth-order valence-electron chi connectivity index (χ4n) is 4.07. The average Bonchev–Trinajstić information content (AvgIpc) is 3.47. The van der Waals surface area contributed by atoms with Gasteiger partial charge in [-0.15, -0.1) is 19.4 Å². The summed E-state index contributed by atoms with van der Waals surface area (Å²) in [6, 6.07) is 11.9. The number of ether oxygens (including phenoxy) is 1. The Morgan fingerprint density at radius 2 is 2.12 bits per heavy atom. The third-order valence-corrected chi connectivity index (χ3v) is 6.25. The third kappa shape index (κ3) is 3.67. The molecule has 0 radical (unpaired) electrons. The first-order valence-electron chi connectivity index (χ1n) is 10.4. The van der Waals surface area contributed by atoms with Crippen molar-refractivity contribution in [3.05, 3.63) is 60.7 Å². The third-order valence-electron chi connectivity index (χ3n) is 5.71. The van der Waals surface area contributed by atoms with Crippen LogP contribution in [-0.4, -0.2) is 39.1 Å². The molecule has 9 heteroatoms. The Morgan fingerprint density at radius 1 is 1.22 bits per heavy atom. The van der Waals surface area contributed by atoms with Crippen LogP contribution in [0.5, 0.6) is 5.75 Å². The highest BCUT2D eigenvalue weighted by Gasteiger charge is 2.22. The summed E-state index contributed by atoms with van der Waals surface area (Å²) < 4.78 is 7.42. The number of methoxy groups -OCH3 is 1. The van der Waals surface area contributed by atoms with Gasteiger partial charge in [-0.1, -0.05) is 12.1 Å². The van der Waals surface area contributed by atoms with E-state index in [0.717, 1.165) is 52.2 Å². The standard InChI is InChI=1S/C23H23N6O2P/c1-31-19-4-2-5-20(32)18(19)13-25-21-8-7-17(23-27-26-14-29(21)23)15-10-16(12-24-11-15)28-9-3-6-22(28)30/h2,4-5,7-8,10-12,14,25H,3,6,9,13,32H2,1H3. The highest BCUT2D eigenvalue weighted by atomic mass is 31.0. The lowest BCUT2D eigenvalue weighted by Gasteiger charge is -2.17. The van der Waals surface area contributed by atoms with Crippen molar-refractivity contribution in [3.8, 4) is 16.9 Å². The number of pyridine rings is 2. The van der Waals surface area contributed by atoms with Crippen molar-refractivity contribution in [2.24, 2.45) is 0 Å². The van der Waals surface area contributed by atoms with E-state index in [2.05, 4.69) is 29.7 Å². The van der Waals surface area contributed by atoms with Crippen LogP contribution < -0.4 is 20.3 Å². The van der Waals surface area contributed by atoms with Gasteiger partial charge in [0.15, 0.2) is 5.65 Å². The van der Waals surface area contributed by atoms with E-state index >= 15 is 0 Å². The van der Waals surface area contributed by atoms with E-state index in [1.807, 2.05) is 40.8 Å². The maximum Gasteiger partial charge on any atom is 0.227 e. The number of hydrogen-bond acceptors (Lipinski definition) is 6. The molecule has 0 aliphatic carbocycles. The molecule has 1 amide bonds. The number of rotatable bonds is 6. The smallest absolute Gasteiger partial charge is 0.227 e. The molecule has 1 aromatic carbocycles. The van der Waals surface area contributed by atoms with E-state index in [-0.39, 0.29) is 5.91 Å². The minimum Gasteiger partial charge on any atom is -0.496 e. The van der Waals surface area contributed by atoms with Gasteiger partial charge in [0.2, 0.25) is 5.91 Å². The van der Waals surface area contributed by atoms with Gasteiger partial charge in [-0.3, -0.25) is 14.2 Å². The summed E-state index contributed by atoms with van der Waals surface area (Å²) in [4.78, 5) is 18.3. The largest absolute Gasteiger partial charge is 0.496 e. The van der Waals surface area contributed by atoms with E-state index in [1.165, 1.54) is 0 Å². The Morgan fingerprint density at radius 3 is 2.94 bits per heavy atom. The van der Waals surface area contributed by atoms with Crippen LogP contribution in [0.1, 0.15) is 18.4 Å². The predicted molar refractivity (Wildman–Crippen MR) is 127 cm³/mol. The minimum atomic E-state index is 0.140. The summed E-state index contributed by atoms with van der Waals surface area (Å²) in [6.07, 6.45) is 6.67. The Bertz CT molecular complexity index is 1300. The van der Waals surface area contributed by atoms with E-state index in [9.17, 15) is 4.79 Å². The molecule has 1 aliphatic rings. The van der Waals surface area contributed by atoms with Gasteiger partial charge in [-0.2, -0.15) is 0 Å². The molecule has 8 nitrogen and oxygen atoms in total. The second-order valence-electron chi connectivity index (χ2n) is 7.62. The second-order valence-corrected chi connectivity index (χ2v) is 8.24. The van der Waals surface area contributed by atoms with Gasteiger partial charge in [0.05, 0.1) is 19.0 Å². The zero-order valence-corrected chi connectivity index (χ0v) is 18.8. The lowest BCUT2D eigenvalue weighted by atomic mass is 10.1. The monoisotopic (exact) mass is 446 g/mol. The van der Waals surface area contributed by atoms with Crippen molar-refractivity contribution >= 4 is 37.6 Å². The molecule has 5 rings (SSSR count). The molecular weight excluding hydrogens is 423 g/mol. The Balaban J connectivity index is 1.47. The van der Waals surface area contributed by atoms with Crippen LogP contribution in [0.25, 0.3) is 16.8 Å². The van der Waals surface area contributed by atoms with Gasteiger partial charge >= 0.3 is 0 Å². The summed E-state index contributed by atoms with van der Waals surface area (Å²) in [7, 11) is 4.42. The SMILES string of the molecule is COc1cccc(P)c1CNc1ccc(-c2cncc(N3CCCC3=O)c2)c2nncn12. The maximum atomic E-state index is 12.1. The Labute approximate surface area is 187 Å². The maximum absolute atomic E-state index is 12.1. The number of amides is 1. The quantitative estimate of drug-likeness (QED) is 0.459. The molecule has 4 heterocycles. The lowest BCUT2D eigenvalue weighted by Crippen LogP contribution is -2.23. The number of nitrogens with one attached hydrogen (secondary N) is 1. The first kappa shape index (κ1) is 20.4. The lowest BCUT2D eigenvalue weighted by molar-refractivity contribution is -0.117. The normalized spacial score (nSPS) is 13.7. The fraction of sp³-hybridized carbons (Fsp3) is 0.217. The first-order valence-corrected chi connectivity index (χ1v) is 11.0. The molecule has 3 aromatic heterocycles. The van der Waals surface area contributed by atoms with Crippen LogP contribution in [-0.2, 0) is 11.3 Å². The van der Waals surface area contributed by atoms with Crippen LogP contribution in [0.3, 0.4) is 0 Å². The Hall–Kier alpha value is -3.51. The molecule has 1 unspecified atom stereocenters. The topological polar surface area (TPSA) is 84.6 Å². The van der Waals surface area contributed by atoms with Crippen molar-refractivity contribution in [2.45, 2.75) is 19.4 Å². The van der Waals surface area contributed by atoms with E-state index in [0.29, 0.717) is 18.6 Å². The second kappa shape index (κ2) is 8.55. The number of anilines is 2. The van der Waals surface area contributed by atoms with Crippen molar-refractivity contribution in [2.75, 3.05) is 23.9 Å². The molecule has 162 valence electrons. The number of benzene rings is 1. The zero-order valence-electron chi connectivity index (χ0n) is 17.7. The molecule has 0 bridgehead atoms. The van der Waals surface area contributed by atoms with Crippen molar-refractivity contribution in [1.29, 1.82) is 0 Å². The summed E-state index contributed by atoms with van der Waals surface area (Å²) >= 11 is 0. The summed E-state index contributed by atoms with van der Waals surface area (Å²) in [5.41, 5.74) is 4.39. The van der Waals surface area contributed by atoms with Crippen LogP contribution in [0.2, 0.25) is 0 Å². The predicted octanol–water partition coefficient (Wildman–Crippen LogP) is 3.04. The Kier molecular flexibility index (Phi) is 5.45. The molecule has 1 atom stereocenters. The molecule has 1 fully saturated rings. The van der Waals surface area contributed by atoms with Crippen molar-refractivity contribution in [1.82, 2.24) is 19.6 Å². The number of carbonyl (C=O) groups is 1. The highest BCUT2D eigenvalue weighted by Crippen LogP contribution is 2.30. The van der Waals surface area contributed by atoms with Crippen molar-refractivity contribution in [3.63, 3.8) is 0 Å². The molecule has 1 N–H and O–H groups in total. The number of aromatic nitrogens is 4. The van der Waals surface area contributed by atoms with Gasteiger partial charge in [0.1, 0.15) is 17.9 Å². The van der Waals surface area contributed by atoms with Crippen LogP contribution in [0.4, 0.5) is 11.5 Å². The number of hydrogen-bond donors (Lipinski definition) is 1. The first-order chi connectivity index (χ1) is 15.7. The van der Waals surface area contributed by atoms with Gasteiger partial charge in [-0.05, 0) is 36.0 Å². The minimum absolute atomic E-state index is 0.140. The molecule has 0 spiro atoms. The van der Waals surface area contributed by atoms with Gasteiger partial charge in [0, 0.05) is 42.4 Å². The fourth-order valence-corrected chi connectivity index (χ4v) is 4.42. The van der Waals surface area contributed by atoms with Crippen LogP contribution >= 0.6 is 9.24 Å². The van der Waals surface area contributed by atoms with Crippen LogP contribution in [0.15, 0.2) is 55.1 Å². The number of fused-ring (bicyclic) bond motifs is 1. The summed E-state index contributed by atoms with van der Waals surface area (Å²) in [6.45, 7) is 1.32. The molecular formula is C23H23N6O2P. The van der Waals surface area contributed by atoms with Gasteiger partial charge in [-0.25, -0.2) is 0 Å². The van der Waals surface area contributed by atoms with E-state index in [4.69, 9.17) is 4.74 Å². The van der Waals surface area contributed by atoms with Crippen LogP contribution in [0, 0.1) is 0 Å². The van der Waals surface area contributed by atoms with Gasteiger partial charge < -0.3 is 15.0 Å². The van der Waals surface area contributed by atoms with E-state index < -0.39 is 0 Å². The molecule has 1 aliphatic heterocycles. The average molecular weight is 446 g/mol. The zero-order chi connectivity index (χ0) is 22.1. The molecule has 32 heavy (non-hydrogen) atoms. The van der Waals surface area contributed by atoms with E-state index in [1.54, 1.807) is 30.7 Å². The summed E-state index contributed by atoms with van der Waals surface area (Å²) in [5, 5.41) is 13.0. The number of carbonyl (C=O) groups excluding carboxylic acids is 1. The highest BCUT2D eigenvalue weighted by molar-refractivity contribution is 7.27. The van der Waals surface area contributed by atoms with Gasteiger partial charge in [0.25, 0.3) is 0 Å². The molecule has 0 saturated carbocycles.